The maximum absolute atomic E-state index is 13.0. The van der Waals surface area contributed by atoms with E-state index in [1.54, 1.807) is 17.1 Å². The summed E-state index contributed by atoms with van der Waals surface area (Å²) < 4.78 is 2.04. The molecule has 1 aromatic carbocycles. The maximum Gasteiger partial charge on any atom is 0.247 e. The number of carbonyl (C=O) groups is 2. The van der Waals surface area contributed by atoms with Crippen molar-refractivity contribution < 1.29 is 9.59 Å². The quantitative estimate of drug-likeness (QED) is 0.626. The minimum absolute atomic E-state index is 0.0265. The number of hydrogen-bond acceptors (Lipinski definition) is 2. The van der Waals surface area contributed by atoms with Gasteiger partial charge in [0, 0.05) is 37.6 Å². The molecule has 0 atom stereocenters. The molecular formula is C23H29N3O2. The van der Waals surface area contributed by atoms with Crippen LogP contribution in [-0.4, -0.2) is 45.3 Å². The molecule has 2 amide bonds. The Balaban J connectivity index is 1.66. The van der Waals surface area contributed by atoms with Gasteiger partial charge in [-0.3, -0.25) is 9.59 Å². The lowest BCUT2D eigenvalue weighted by Crippen LogP contribution is -2.43. The minimum Gasteiger partial charge on any atom is -0.353 e. The van der Waals surface area contributed by atoms with E-state index < -0.39 is 0 Å². The lowest BCUT2D eigenvalue weighted by atomic mass is 10.2. The number of aromatic nitrogens is 1. The molecule has 1 heterocycles. The fourth-order valence-corrected chi connectivity index (χ4v) is 3.27. The highest BCUT2D eigenvalue weighted by Gasteiger charge is 2.33. The number of nitrogens with zero attached hydrogens (tertiary/aromatic N) is 3. The van der Waals surface area contributed by atoms with Crippen molar-refractivity contribution in [3.8, 4) is 0 Å². The number of carbonyl (C=O) groups excluding carboxylic acids is 2. The molecule has 0 spiro atoms. The van der Waals surface area contributed by atoms with E-state index >= 15 is 0 Å². The molecule has 0 radical (unpaired) electrons. The van der Waals surface area contributed by atoms with Gasteiger partial charge >= 0.3 is 0 Å². The molecule has 0 N–H and O–H groups in total. The SMILES string of the molecule is CCCN(CC(=O)N(Cc1cccn1C)C1CC1)C(=O)C=Cc1ccccc1. The Bertz CT molecular complexity index is 821. The van der Waals surface area contributed by atoms with Crippen molar-refractivity contribution in [3.63, 3.8) is 0 Å². The third kappa shape index (κ3) is 5.35. The molecule has 5 nitrogen and oxygen atoms in total. The summed E-state index contributed by atoms with van der Waals surface area (Å²) in [7, 11) is 1.99. The van der Waals surface area contributed by atoms with Crippen molar-refractivity contribution in [1.82, 2.24) is 14.4 Å². The van der Waals surface area contributed by atoms with Gasteiger partial charge in [0.05, 0.1) is 6.54 Å². The average Bonchev–Trinajstić information content (AvgIpc) is 3.46. The van der Waals surface area contributed by atoms with Gasteiger partial charge in [0.25, 0.3) is 0 Å². The summed E-state index contributed by atoms with van der Waals surface area (Å²) in [5, 5.41) is 0. The minimum atomic E-state index is -0.117. The number of benzene rings is 1. The molecule has 2 aromatic rings. The Morgan fingerprint density at radius 2 is 1.89 bits per heavy atom. The molecule has 5 heteroatoms. The Kier molecular flexibility index (Phi) is 6.69. The van der Waals surface area contributed by atoms with Crippen LogP contribution in [0.2, 0.25) is 0 Å². The van der Waals surface area contributed by atoms with Crippen LogP contribution in [0.3, 0.4) is 0 Å². The second-order valence-electron chi connectivity index (χ2n) is 7.37. The summed E-state index contributed by atoms with van der Waals surface area (Å²) in [4.78, 5) is 29.3. The maximum atomic E-state index is 13.0. The molecule has 1 fully saturated rings. The molecular weight excluding hydrogens is 350 g/mol. The number of hydrogen-bond donors (Lipinski definition) is 0. The van der Waals surface area contributed by atoms with E-state index in [-0.39, 0.29) is 18.4 Å². The summed E-state index contributed by atoms with van der Waals surface area (Å²) >= 11 is 0. The molecule has 0 aliphatic heterocycles. The highest BCUT2D eigenvalue weighted by molar-refractivity contribution is 5.94. The Labute approximate surface area is 167 Å². The first kappa shape index (κ1) is 19.9. The largest absolute Gasteiger partial charge is 0.353 e. The van der Waals surface area contributed by atoms with Crippen LogP contribution in [0, 0.1) is 0 Å². The van der Waals surface area contributed by atoms with Crippen molar-refractivity contribution in [2.75, 3.05) is 13.1 Å². The first-order chi connectivity index (χ1) is 13.6. The van der Waals surface area contributed by atoms with Crippen molar-refractivity contribution in [2.45, 2.75) is 38.8 Å². The Hall–Kier alpha value is -2.82. The van der Waals surface area contributed by atoms with Crippen molar-refractivity contribution in [1.29, 1.82) is 0 Å². The third-order valence-corrected chi connectivity index (χ3v) is 5.04. The highest BCUT2D eigenvalue weighted by atomic mass is 16.2. The van der Waals surface area contributed by atoms with Gasteiger partial charge in [-0.25, -0.2) is 0 Å². The van der Waals surface area contributed by atoms with Gasteiger partial charge < -0.3 is 14.4 Å². The molecule has 1 aromatic heterocycles. The number of rotatable bonds is 9. The number of aryl methyl sites for hydroxylation is 1. The van der Waals surface area contributed by atoms with Crippen molar-refractivity contribution in [2.24, 2.45) is 7.05 Å². The molecule has 1 aliphatic rings. The molecule has 0 unspecified atom stereocenters. The van der Waals surface area contributed by atoms with Crippen LogP contribution in [0.4, 0.5) is 0 Å². The van der Waals surface area contributed by atoms with Crippen LogP contribution >= 0.6 is 0 Å². The van der Waals surface area contributed by atoms with E-state index in [9.17, 15) is 9.59 Å². The van der Waals surface area contributed by atoms with Crippen LogP contribution in [0.1, 0.15) is 37.4 Å². The van der Waals surface area contributed by atoms with Gasteiger partial charge in [0.15, 0.2) is 0 Å². The van der Waals surface area contributed by atoms with Crippen LogP contribution in [0.25, 0.3) is 6.08 Å². The van der Waals surface area contributed by atoms with E-state index in [1.807, 2.05) is 72.1 Å². The van der Waals surface area contributed by atoms with Gasteiger partial charge in [-0.1, -0.05) is 37.3 Å². The monoisotopic (exact) mass is 379 g/mol. The lowest BCUT2D eigenvalue weighted by Gasteiger charge is -2.27. The lowest BCUT2D eigenvalue weighted by molar-refractivity contribution is -0.139. The first-order valence-corrected chi connectivity index (χ1v) is 10.00. The van der Waals surface area contributed by atoms with E-state index in [4.69, 9.17) is 0 Å². The standard InChI is InChI=1S/C23H29N3O2/c1-3-15-25(22(27)14-11-19-8-5-4-6-9-19)18-23(28)26(20-12-13-20)17-21-10-7-16-24(21)2/h4-11,14,16,20H,3,12-13,15,17-18H2,1-2H3. The van der Waals surface area contributed by atoms with Crippen molar-refractivity contribution >= 4 is 17.9 Å². The average molecular weight is 380 g/mol. The van der Waals surface area contributed by atoms with E-state index in [2.05, 4.69) is 0 Å². The van der Waals surface area contributed by atoms with Gasteiger partial charge in [0.1, 0.15) is 6.54 Å². The van der Waals surface area contributed by atoms with Gasteiger partial charge in [-0.2, -0.15) is 0 Å². The molecule has 3 rings (SSSR count). The zero-order valence-corrected chi connectivity index (χ0v) is 16.8. The van der Waals surface area contributed by atoms with Gasteiger partial charge in [-0.05, 0) is 43.0 Å². The molecule has 0 bridgehead atoms. The molecule has 1 aliphatic carbocycles. The molecule has 148 valence electrons. The van der Waals surface area contributed by atoms with E-state index in [0.717, 1.165) is 30.5 Å². The fraction of sp³-hybridized carbons (Fsp3) is 0.391. The highest BCUT2D eigenvalue weighted by Crippen LogP contribution is 2.28. The normalized spacial score (nSPS) is 13.6. The second-order valence-corrected chi connectivity index (χ2v) is 7.37. The Morgan fingerprint density at radius 1 is 1.14 bits per heavy atom. The molecule has 1 saturated carbocycles. The summed E-state index contributed by atoms with van der Waals surface area (Å²) in [6.45, 7) is 3.33. The smallest absolute Gasteiger partial charge is 0.247 e. The summed E-state index contributed by atoms with van der Waals surface area (Å²) in [6.07, 6.45) is 8.28. The van der Waals surface area contributed by atoms with Crippen LogP contribution in [0.5, 0.6) is 0 Å². The van der Waals surface area contributed by atoms with Crippen LogP contribution < -0.4 is 0 Å². The molecule has 0 saturated heterocycles. The van der Waals surface area contributed by atoms with Gasteiger partial charge in [-0.15, -0.1) is 0 Å². The van der Waals surface area contributed by atoms with E-state index in [1.165, 1.54) is 0 Å². The zero-order chi connectivity index (χ0) is 19.9. The van der Waals surface area contributed by atoms with Gasteiger partial charge in [0.2, 0.25) is 11.8 Å². The third-order valence-electron chi connectivity index (χ3n) is 5.04. The zero-order valence-electron chi connectivity index (χ0n) is 16.8. The predicted molar refractivity (Wildman–Crippen MR) is 111 cm³/mol. The Morgan fingerprint density at radius 3 is 2.50 bits per heavy atom. The summed E-state index contributed by atoms with van der Waals surface area (Å²) in [5.74, 6) is -0.0905. The fourth-order valence-electron chi connectivity index (χ4n) is 3.27. The predicted octanol–water partition coefficient (Wildman–Crippen LogP) is 3.47. The summed E-state index contributed by atoms with van der Waals surface area (Å²) in [6, 6.07) is 14.1. The van der Waals surface area contributed by atoms with Crippen LogP contribution in [-0.2, 0) is 23.2 Å². The molecule has 28 heavy (non-hydrogen) atoms. The van der Waals surface area contributed by atoms with Crippen LogP contribution in [0.15, 0.2) is 54.7 Å². The van der Waals surface area contributed by atoms with E-state index in [0.29, 0.717) is 19.1 Å². The van der Waals surface area contributed by atoms with Crippen molar-refractivity contribution in [3.05, 3.63) is 66.0 Å². The topological polar surface area (TPSA) is 45.6 Å². The number of amides is 2. The first-order valence-electron chi connectivity index (χ1n) is 10.00. The second kappa shape index (κ2) is 9.40. The summed E-state index contributed by atoms with van der Waals surface area (Å²) in [5.41, 5.74) is 2.08.